The van der Waals surface area contributed by atoms with Crippen molar-refractivity contribution in [2.75, 3.05) is 14.2 Å². The fraction of sp³-hybridized carbons (Fsp3) is 0.750. The summed E-state index contributed by atoms with van der Waals surface area (Å²) >= 11 is 0. The molecule has 138 valence electrons. The second kappa shape index (κ2) is 10.6. The van der Waals surface area contributed by atoms with E-state index in [1.54, 1.807) is 6.92 Å². The van der Waals surface area contributed by atoms with Gasteiger partial charge in [0.25, 0.3) is 0 Å². The Labute approximate surface area is 142 Å². The van der Waals surface area contributed by atoms with E-state index in [0.717, 1.165) is 0 Å². The molecule has 0 aliphatic carbocycles. The van der Waals surface area contributed by atoms with Crippen molar-refractivity contribution in [3.05, 3.63) is 0 Å². The SMILES string of the molecule is COC(=O)C[C@@H](C)[C@@H](NC(=O)[C@H](CC(C)C)NC(C)=O)C(=O)OC. The standard InChI is InChI=1S/C16H28N2O6/c1-9(2)7-12(17-11(4)19)15(21)18-14(16(22)24-6)10(3)8-13(20)23-5/h9-10,12,14H,7-8H2,1-6H3,(H,17,19)(H,18,21)/t10-,12+,14-/m1/s1. The minimum Gasteiger partial charge on any atom is -0.469 e. The lowest BCUT2D eigenvalue weighted by Gasteiger charge is -2.26. The number of esters is 2. The van der Waals surface area contributed by atoms with Gasteiger partial charge in [-0.05, 0) is 18.3 Å². The van der Waals surface area contributed by atoms with Crippen LogP contribution in [0, 0.1) is 11.8 Å². The van der Waals surface area contributed by atoms with Crippen LogP contribution in [-0.2, 0) is 28.7 Å². The number of nitrogens with one attached hydrogen (secondary N) is 2. The van der Waals surface area contributed by atoms with Crippen LogP contribution in [0.25, 0.3) is 0 Å². The second-order valence-corrected chi connectivity index (χ2v) is 6.15. The molecule has 2 amide bonds. The van der Waals surface area contributed by atoms with Crippen LogP contribution in [-0.4, -0.2) is 50.1 Å². The van der Waals surface area contributed by atoms with E-state index >= 15 is 0 Å². The van der Waals surface area contributed by atoms with E-state index < -0.39 is 35.8 Å². The summed E-state index contributed by atoms with van der Waals surface area (Å²) in [5.41, 5.74) is 0. The van der Waals surface area contributed by atoms with Gasteiger partial charge in [0.1, 0.15) is 12.1 Å². The predicted octanol–water partition coefficient (Wildman–Crippen LogP) is 0.394. The molecule has 0 aromatic rings. The van der Waals surface area contributed by atoms with Crippen molar-refractivity contribution in [1.82, 2.24) is 10.6 Å². The number of methoxy groups -OCH3 is 2. The Morgan fingerprint density at radius 2 is 1.54 bits per heavy atom. The second-order valence-electron chi connectivity index (χ2n) is 6.15. The van der Waals surface area contributed by atoms with Gasteiger partial charge in [-0.15, -0.1) is 0 Å². The molecule has 0 unspecified atom stereocenters. The molecule has 0 rings (SSSR count). The van der Waals surface area contributed by atoms with Gasteiger partial charge in [-0.3, -0.25) is 14.4 Å². The third-order valence-corrected chi connectivity index (χ3v) is 3.44. The minimum atomic E-state index is -1.01. The van der Waals surface area contributed by atoms with Crippen molar-refractivity contribution in [2.45, 2.75) is 52.6 Å². The lowest BCUT2D eigenvalue weighted by molar-refractivity contribution is -0.148. The Kier molecular flexibility index (Phi) is 9.68. The molecule has 0 aliphatic heterocycles. The zero-order chi connectivity index (χ0) is 18.9. The highest BCUT2D eigenvalue weighted by atomic mass is 16.5. The fourth-order valence-corrected chi connectivity index (χ4v) is 2.23. The number of carbonyl (C=O) groups is 4. The average molecular weight is 344 g/mol. The highest BCUT2D eigenvalue weighted by molar-refractivity contribution is 5.90. The Morgan fingerprint density at radius 3 is 1.96 bits per heavy atom. The van der Waals surface area contributed by atoms with Gasteiger partial charge in [-0.2, -0.15) is 0 Å². The van der Waals surface area contributed by atoms with E-state index in [0.29, 0.717) is 6.42 Å². The summed E-state index contributed by atoms with van der Waals surface area (Å²) in [6.07, 6.45) is 0.371. The maximum atomic E-state index is 12.5. The van der Waals surface area contributed by atoms with Crippen molar-refractivity contribution in [3.63, 3.8) is 0 Å². The first-order chi connectivity index (χ1) is 11.1. The van der Waals surface area contributed by atoms with Crippen LogP contribution in [0.5, 0.6) is 0 Å². The number of ether oxygens (including phenoxy) is 2. The summed E-state index contributed by atoms with van der Waals surface area (Å²) in [6.45, 7) is 6.78. The summed E-state index contributed by atoms with van der Waals surface area (Å²) in [6, 6.07) is -1.77. The molecule has 0 fully saturated rings. The Balaban J connectivity index is 5.14. The number of carbonyl (C=O) groups excluding carboxylic acids is 4. The third kappa shape index (κ3) is 7.94. The molecule has 8 nitrogen and oxygen atoms in total. The predicted molar refractivity (Wildman–Crippen MR) is 86.8 cm³/mol. The fourth-order valence-electron chi connectivity index (χ4n) is 2.23. The summed E-state index contributed by atoms with van der Waals surface area (Å²) in [5, 5.41) is 5.14. The Bertz CT molecular complexity index is 463. The Morgan fingerprint density at radius 1 is 0.958 bits per heavy atom. The maximum Gasteiger partial charge on any atom is 0.328 e. The molecule has 2 N–H and O–H groups in total. The van der Waals surface area contributed by atoms with Gasteiger partial charge in [0, 0.05) is 6.92 Å². The zero-order valence-electron chi connectivity index (χ0n) is 15.2. The topological polar surface area (TPSA) is 111 Å². The van der Waals surface area contributed by atoms with Crippen LogP contribution < -0.4 is 10.6 Å². The molecule has 0 saturated heterocycles. The number of rotatable bonds is 9. The first-order valence-corrected chi connectivity index (χ1v) is 7.84. The lowest BCUT2D eigenvalue weighted by atomic mass is 9.96. The van der Waals surface area contributed by atoms with Crippen LogP contribution in [0.1, 0.15) is 40.5 Å². The van der Waals surface area contributed by atoms with Crippen LogP contribution in [0.4, 0.5) is 0 Å². The summed E-state index contributed by atoms with van der Waals surface area (Å²) in [7, 11) is 2.45. The number of hydrogen-bond acceptors (Lipinski definition) is 6. The first-order valence-electron chi connectivity index (χ1n) is 7.84. The van der Waals surface area contributed by atoms with Crippen LogP contribution in [0.3, 0.4) is 0 Å². The minimum absolute atomic E-state index is 0.0501. The number of hydrogen-bond donors (Lipinski definition) is 2. The highest BCUT2D eigenvalue weighted by Gasteiger charge is 2.32. The molecule has 0 heterocycles. The molecule has 0 aliphatic rings. The van der Waals surface area contributed by atoms with E-state index in [-0.39, 0.29) is 18.2 Å². The van der Waals surface area contributed by atoms with Crippen molar-refractivity contribution < 1.29 is 28.7 Å². The lowest BCUT2D eigenvalue weighted by Crippen LogP contribution is -2.54. The molecule has 0 saturated carbocycles. The summed E-state index contributed by atoms with van der Waals surface area (Å²) in [4.78, 5) is 47.1. The Hall–Kier alpha value is -2.12. The molecule has 0 bridgehead atoms. The smallest absolute Gasteiger partial charge is 0.328 e. The van der Waals surface area contributed by atoms with Gasteiger partial charge in [-0.25, -0.2) is 4.79 Å². The molecular weight excluding hydrogens is 316 g/mol. The molecule has 0 spiro atoms. The van der Waals surface area contributed by atoms with E-state index in [1.165, 1.54) is 21.1 Å². The van der Waals surface area contributed by atoms with Crippen molar-refractivity contribution in [3.8, 4) is 0 Å². The molecule has 3 atom stereocenters. The van der Waals surface area contributed by atoms with Gasteiger partial charge in [0.15, 0.2) is 0 Å². The van der Waals surface area contributed by atoms with Crippen LogP contribution in [0.15, 0.2) is 0 Å². The van der Waals surface area contributed by atoms with Gasteiger partial charge in [-0.1, -0.05) is 20.8 Å². The molecule has 24 heavy (non-hydrogen) atoms. The normalized spacial score (nSPS) is 14.3. The number of amides is 2. The van der Waals surface area contributed by atoms with Crippen molar-refractivity contribution in [1.29, 1.82) is 0 Å². The maximum absolute atomic E-state index is 12.5. The third-order valence-electron chi connectivity index (χ3n) is 3.44. The monoisotopic (exact) mass is 344 g/mol. The van der Waals surface area contributed by atoms with Gasteiger partial charge < -0.3 is 20.1 Å². The molecule has 0 aromatic carbocycles. The molecule has 0 aromatic heterocycles. The van der Waals surface area contributed by atoms with Gasteiger partial charge in [0.05, 0.1) is 20.6 Å². The van der Waals surface area contributed by atoms with Crippen LogP contribution in [0.2, 0.25) is 0 Å². The first kappa shape index (κ1) is 21.9. The van der Waals surface area contributed by atoms with E-state index in [2.05, 4.69) is 15.4 Å². The van der Waals surface area contributed by atoms with Crippen molar-refractivity contribution >= 4 is 23.8 Å². The summed E-state index contributed by atoms with van der Waals surface area (Å²) in [5.74, 6) is -2.35. The van der Waals surface area contributed by atoms with Gasteiger partial charge >= 0.3 is 11.9 Å². The van der Waals surface area contributed by atoms with Gasteiger partial charge in [0.2, 0.25) is 11.8 Å². The molecule has 0 radical (unpaired) electrons. The average Bonchev–Trinajstić information content (AvgIpc) is 2.49. The van der Waals surface area contributed by atoms with E-state index in [9.17, 15) is 19.2 Å². The zero-order valence-corrected chi connectivity index (χ0v) is 15.2. The molecular formula is C16H28N2O6. The summed E-state index contributed by atoms with van der Waals surface area (Å²) < 4.78 is 9.28. The largest absolute Gasteiger partial charge is 0.469 e. The van der Waals surface area contributed by atoms with Crippen LogP contribution >= 0.6 is 0 Å². The molecule has 8 heteroatoms. The van der Waals surface area contributed by atoms with Crippen molar-refractivity contribution in [2.24, 2.45) is 11.8 Å². The quantitative estimate of drug-likeness (QED) is 0.586. The highest BCUT2D eigenvalue weighted by Crippen LogP contribution is 2.13. The van der Waals surface area contributed by atoms with E-state index in [4.69, 9.17) is 4.74 Å². The van der Waals surface area contributed by atoms with E-state index in [1.807, 2.05) is 13.8 Å².